The van der Waals surface area contributed by atoms with E-state index in [1.165, 1.54) is 12.1 Å². The average molecular weight is 604 g/mol. The zero-order valence-corrected chi connectivity index (χ0v) is 25.4. The number of unbranched alkanes of at least 4 members (excludes halogenated alkanes) is 1. The number of hydrogen-bond acceptors (Lipinski definition) is 6. The highest BCUT2D eigenvalue weighted by atomic mass is 32.2. The van der Waals surface area contributed by atoms with Crippen molar-refractivity contribution in [3.63, 3.8) is 0 Å². The number of sulfonamides is 1. The van der Waals surface area contributed by atoms with E-state index in [1.807, 2.05) is 55.5 Å². The first-order valence-corrected chi connectivity index (χ1v) is 16.3. The molecule has 9 nitrogen and oxygen atoms in total. The Morgan fingerprint density at radius 3 is 2.09 bits per heavy atom. The van der Waals surface area contributed by atoms with Crippen molar-refractivity contribution in [3.05, 3.63) is 83.9 Å². The smallest absolute Gasteiger partial charge is 0.303 e. The van der Waals surface area contributed by atoms with Crippen molar-refractivity contribution in [2.75, 3.05) is 39.3 Å². The number of piperazine rings is 1. The Morgan fingerprint density at radius 1 is 0.884 bits per heavy atom. The van der Waals surface area contributed by atoms with E-state index in [0.29, 0.717) is 16.3 Å². The Bertz CT molecular complexity index is 1660. The van der Waals surface area contributed by atoms with Crippen LogP contribution < -0.4 is 9.88 Å². The molecule has 1 aromatic heterocycles. The van der Waals surface area contributed by atoms with Gasteiger partial charge in [-0.05, 0) is 50.6 Å². The number of para-hydroxylation sites is 2. The number of nitrogens with one attached hydrogen (secondary N) is 1. The summed E-state index contributed by atoms with van der Waals surface area (Å²) in [6, 6.07) is 21.6. The van der Waals surface area contributed by atoms with Gasteiger partial charge in [-0.1, -0.05) is 42.0 Å². The van der Waals surface area contributed by atoms with E-state index in [2.05, 4.69) is 14.8 Å². The SMILES string of the molecule is Cc1ccc(S(=O)(=O)N(CCCC(=O)O)C(=O)c2c3ccccc3[n+](CCCCN3CCNCC3)c3ccccc23)cc1. The summed E-state index contributed by atoms with van der Waals surface area (Å²) in [5.41, 5.74) is 2.89. The fourth-order valence-corrected chi connectivity index (χ4v) is 7.21. The summed E-state index contributed by atoms with van der Waals surface area (Å²) in [6.07, 6.45) is 1.75. The molecule has 0 unspecified atom stereocenters. The maximum absolute atomic E-state index is 14.5. The van der Waals surface area contributed by atoms with Gasteiger partial charge in [0.05, 0.1) is 21.2 Å². The highest BCUT2D eigenvalue weighted by molar-refractivity contribution is 7.89. The second-order valence-corrected chi connectivity index (χ2v) is 12.9. The van der Waals surface area contributed by atoms with Crippen LogP contribution in [0.3, 0.4) is 0 Å². The van der Waals surface area contributed by atoms with Crippen LogP contribution in [0.25, 0.3) is 21.8 Å². The number of carboxylic acid groups (broad SMARTS) is 1. The van der Waals surface area contributed by atoms with Gasteiger partial charge in [-0.25, -0.2) is 12.7 Å². The summed E-state index contributed by atoms with van der Waals surface area (Å²) in [5, 5.41) is 14.0. The molecular weight excluding hydrogens is 564 g/mol. The monoisotopic (exact) mass is 603 g/mol. The number of carbonyl (C=O) groups is 2. The molecule has 0 spiro atoms. The van der Waals surface area contributed by atoms with Gasteiger partial charge in [0, 0.05) is 57.7 Å². The summed E-state index contributed by atoms with van der Waals surface area (Å²) >= 11 is 0. The van der Waals surface area contributed by atoms with Crippen LogP contribution in [0, 0.1) is 6.92 Å². The third kappa shape index (κ3) is 6.87. The minimum absolute atomic E-state index is 0.00193. The standard InChI is InChI=1S/C33H38N4O5S/c1-25-14-16-26(17-15-25)43(41,42)37(22-8-13-31(38)39)33(40)32-27-9-2-4-11-29(27)36(30-12-5-3-10-28(30)32)21-7-6-20-35-23-18-34-19-24-35/h2-5,9-12,14-17,34H,6-8,13,18-24H2,1H3/p+1. The van der Waals surface area contributed by atoms with Gasteiger partial charge >= 0.3 is 5.97 Å². The molecule has 0 aliphatic carbocycles. The van der Waals surface area contributed by atoms with Crippen LogP contribution in [0.4, 0.5) is 0 Å². The molecule has 1 aliphatic rings. The predicted octanol–water partition coefficient (Wildman–Crippen LogP) is 3.97. The van der Waals surface area contributed by atoms with Crippen molar-refractivity contribution >= 4 is 43.7 Å². The fraction of sp³-hybridized carbons (Fsp3) is 0.364. The number of aromatic nitrogens is 1. The van der Waals surface area contributed by atoms with E-state index >= 15 is 0 Å². The number of pyridine rings is 1. The number of amides is 1. The van der Waals surface area contributed by atoms with Crippen LogP contribution in [0.1, 0.15) is 41.6 Å². The second-order valence-electron chi connectivity index (χ2n) is 11.1. The van der Waals surface area contributed by atoms with Crippen molar-refractivity contribution < 1.29 is 27.7 Å². The number of aryl methyl sites for hydroxylation is 2. The maximum atomic E-state index is 14.5. The third-order valence-electron chi connectivity index (χ3n) is 8.05. The number of carboxylic acids is 1. The number of aliphatic carboxylic acids is 1. The first kappa shape index (κ1) is 30.6. The van der Waals surface area contributed by atoms with Gasteiger partial charge in [0.15, 0.2) is 0 Å². The lowest BCUT2D eigenvalue weighted by atomic mass is 10.0. The van der Waals surface area contributed by atoms with Gasteiger partial charge in [0.2, 0.25) is 11.0 Å². The zero-order valence-electron chi connectivity index (χ0n) is 24.5. The van der Waals surface area contributed by atoms with Crippen LogP contribution in [0.15, 0.2) is 77.7 Å². The highest BCUT2D eigenvalue weighted by Gasteiger charge is 2.34. The first-order chi connectivity index (χ1) is 20.8. The van der Waals surface area contributed by atoms with Crippen LogP contribution in [0.2, 0.25) is 0 Å². The van der Waals surface area contributed by atoms with Crippen molar-refractivity contribution in [1.29, 1.82) is 0 Å². The molecule has 3 aromatic carbocycles. The van der Waals surface area contributed by atoms with E-state index in [1.54, 1.807) is 12.1 Å². The summed E-state index contributed by atoms with van der Waals surface area (Å²) < 4.78 is 30.9. The first-order valence-electron chi connectivity index (χ1n) is 14.9. The fourth-order valence-electron chi connectivity index (χ4n) is 5.79. The predicted molar refractivity (Wildman–Crippen MR) is 166 cm³/mol. The molecule has 1 amide bonds. The quantitative estimate of drug-likeness (QED) is 0.143. The lowest BCUT2D eigenvalue weighted by molar-refractivity contribution is -0.645. The molecule has 0 bridgehead atoms. The topological polar surface area (TPSA) is 111 Å². The van der Waals surface area contributed by atoms with Gasteiger partial charge in [-0.15, -0.1) is 0 Å². The van der Waals surface area contributed by atoms with Crippen LogP contribution in [-0.2, 0) is 21.4 Å². The van der Waals surface area contributed by atoms with E-state index in [0.717, 1.165) is 73.0 Å². The molecule has 4 aromatic rings. The van der Waals surface area contributed by atoms with E-state index in [-0.39, 0.29) is 24.3 Å². The molecule has 2 heterocycles. The van der Waals surface area contributed by atoms with Crippen molar-refractivity contribution in [2.24, 2.45) is 0 Å². The third-order valence-corrected chi connectivity index (χ3v) is 9.84. The summed E-state index contributed by atoms with van der Waals surface area (Å²) in [5.74, 6) is -1.71. The molecule has 0 saturated carbocycles. The number of hydrogen-bond donors (Lipinski definition) is 2. The summed E-state index contributed by atoms with van der Waals surface area (Å²) in [4.78, 5) is 28.2. The molecule has 10 heteroatoms. The summed E-state index contributed by atoms with van der Waals surface area (Å²) in [6.45, 7) is 7.57. The molecule has 1 fully saturated rings. The van der Waals surface area contributed by atoms with Crippen LogP contribution in [-0.4, -0.2) is 73.9 Å². The van der Waals surface area contributed by atoms with E-state index < -0.39 is 21.9 Å². The lowest BCUT2D eigenvalue weighted by Gasteiger charge is -2.26. The Balaban J connectivity index is 1.55. The molecule has 43 heavy (non-hydrogen) atoms. The largest absolute Gasteiger partial charge is 0.481 e. The van der Waals surface area contributed by atoms with E-state index in [9.17, 15) is 23.1 Å². The Hall–Kier alpha value is -3.86. The Labute approximate surface area is 252 Å². The van der Waals surface area contributed by atoms with Gasteiger partial charge < -0.3 is 15.3 Å². The second kappa shape index (κ2) is 13.6. The van der Waals surface area contributed by atoms with Gasteiger partial charge in [-0.2, -0.15) is 4.57 Å². The molecule has 2 N–H and O–H groups in total. The number of nitrogens with zero attached hydrogens (tertiary/aromatic N) is 3. The summed E-state index contributed by atoms with van der Waals surface area (Å²) in [7, 11) is -4.26. The maximum Gasteiger partial charge on any atom is 0.303 e. The van der Waals surface area contributed by atoms with E-state index in [4.69, 9.17) is 0 Å². The normalized spacial score (nSPS) is 14.3. The van der Waals surface area contributed by atoms with Crippen molar-refractivity contribution in [2.45, 2.75) is 44.0 Å². The lowest BCUT2D eigenvalue weighted by Crippen LogP contribution is -2.44. The number of carbonyl (C=O) groups excluding carboxylic acids is 1. The molecule has 5 rings (SSSR count). The minimum atomic E-state index is -4.26. The molecule has 0 atom stereocenters. The molecular formula is C33H39N4O5S+. The Morgan fingerprint density at radius 2 is 1.49 bits per heavy atom. The van der Waals surface area contributed by atoms with Crippen LogP contribution >= 0.6 is 0 Å². The van der Waals surface area contributed by atoms with Gasteiger partial charge in [-0.3, -0.25) is 9.59 Å². The Kier molecular flexibility index (Phi) is 9.69. The van der Waals surface area contributed by atoms with Gasteiger partial charge in [0.25, 0.3) is 15.9 Å². The zero-order chi connectivity index (χ0) is 30.4. The molecule has 1 saturated heterocycles. The average Bonchev–Trinajstić information content (AvgIpc) is 3.01. The number of fused-ring (bicyclic) bond motifs is 2. The van der Waals surface area contributed by atoms with Crippen molar-refractivity contribution in [1.82, 2.24) is 14.5 Å². The van der Waals surface area contributed by atoms with Crippen molar-refractivity contribution in [3.8, 4) is 0 Å². The molecule has 226 valence electrons. The van der Waals surface area contributed by atoms with Crippen LogP contribution in [0.5, 0.6) is 0 Å². The number of rotatable bonds is 12. The highest BCUT2D eigenvalue weighted by Crippen LogP contribution is 2.29. The molecule has 0 radical (unpaired) electrons. The molecule has 1 aliphatic heterocycles. The minimum Gasteiger partial charge on any atom is -0.481 e. The van der Waals surface area contributed by atoms with Gasteiger partial charge in [0.1, 0.15) is 6.54 Å². The number of benzene rings is 3.